The van der Waals surface area contributed by atoms with Crippen LogP contribution < -0.4 is 10.6 Å². The van der Waals surface area contributed by atoms with Gasteiger partial charge < -0.3 is 10.6 Å². The molecular weight excluding hydrogens is 288 g/mol. The van der Waals surface area contributed by atoms with E-state index in [-0.39, 0.29) is 5.91 Å². The summed E-state index contributed by atoms with van der Waals surface area (Å²) in [6.07, 6.45) is 4.06. The van der Waals surface area contributed by atoms with Gasteiger partial charge in [0.25, 0.3) is 0 Å². The molecule has 1 unspecified atom stereocenters. The first-order valence-electron chi connectivity index (χ1n) is 7.52. The van der Waals surface area contributed by atoms with Crippen LogP contribution in [0.3, 0.4) is 0 Å². The van der Waals surface area contributed by atoms with Gasteiger partial charge in [-0.25, -0.2) is 4.98 Å². The van der Waals surface area contributed by atoms with E-state index in [0.717, 1.165) is 26.2 Å². The summed E-state index contributed by atoms with van der Waals surface area (Å²) in [5.41, 5.74) is 0.569. The number of nitrogens with one attached hydrogen (secondary N) is 2. The Morgan fingerprint density at radius 3 is 3.14 bits per heavy atom. The molecule has 1 aliphatic rings. The minimum Gasteiger partial charge on any atom is -0.322 e. The molecule has 1 fully saturated rings. The van der Waals surface area contributed by atoms with Crippen LogP contribution in [0.5, 0.6) is 0 Å². The first kappa shape index (κ1) is 16.2. The third-order valence-electron chi connectivity index (χ3n) is 3.76. The van der Waals surface area contributed by atoms with Crippen LogP contribution in [0.1, 0.15) is 19.8 Å². The Kier molecular flexibility index (Phi) is 6.42. The highest BCUT2D eigenvalue weighted by atomic mass is 35.5. The van der Waals surface area contributed by atoms with Crippen LogP contribution in [-0.2, 0) is 4.79 Å². The number of pyridine rings is 1. The van der Waals surface area contributed by atoms with E-state index in [1.807, 2.05) is 0 Å². The number of anilines is 1. The molecule has 1 aromatic heterocycles. The van der Waals surface area contributed by atoms with E-state index in [2.05, 4.69) is 27.4 Å². The third-order valence-corrected chi connectivity index (χ3v) is 4.06. The topological polar surface area (TPSA) is 57.3 Å². The van der Waals surface area contributed by atoms with Crippen LogP contribution >= 0.6 is 11.6 Å². The van der Waals surface area contributed by atoms with Crippen LogP contribution in [-0.4, -0.2) is 48.5 Å². The third kappa shape index (κ3) is 5.26. The lowest BCUT2D eigenvalue weighted by Crippen LogP contribution is -2.41. The molecule has 5 nitrogen and oxygen atoms in total. The van der Waals surface area contributed by atoms with E-state index in [1.165, 1.54) is 12.8 Å². The SMILES string of the molecule is CCN(CC(=O)Nc1cccnc1Cl)CC1CCCNC1. The van der Waals surface area contributed by atoms with Crippen molar-refractivity contribution in [1.82, 2.24) is 15.2 Å². The number of carbonyl (C=O) groups is 1. The Balaban J connectivity index is 1.83. The lowest BCUT2D eigenvalue weighted by molar-refractivity contribution is -0.117. The van der Waals surface area contributed by atoms with Gasteiger partial charge in [-0.15, -0.1) is 0 Å². The number of hydrogen-bond donors (Lipinski definition) is 2. The van der Waals surface area contributed by atoms with Gasteiger partial charge in [-0.2, -0.15) is 0 Å². The monoisotopic (exact) mass is 310 g/mol. The largest absolute Gasteiger partial charge is 0.322 e. The van der Waals surface area contributed by atoms with Gasteiger partial charge in [0.1, 0.15) is 0 Å². The Bertz CT molecular complexity index is 463. The predicted octanol–water partition coefficient (Wildman–Crippen LogP) is 2.00. The fraction of sp³-hybridized carbons (Fsp3) is 0.600. The molecule has 21 heavy (non-hydrogen) atoms. The van der Waals surface area contributed by atoms with Crippen molar-refractivity contribution < 1.29 is 4.79 Å². The average molecular weight is 311 g/mol. The Morgan fingerprint density at radius 1 is 1.62 bits per heavy atom. The van der Waals surface area contributed by atoms with E-state index in [9.17, 15) is 4.79 Å². The zero-order chi connectivity index (χ0) is 15.1. The van der Waals surface area contributed by atoms with Crippen molar-refractivity contribution >= 4 is 23.2 Å². The number of rotatable bonds is 6. The van der Waals surface area contributed by atoms with Gasteiger partial charge in [0, 0.05) is 12.7 Å². The lowest BCUT2D eigenvalue weighted by atomic mass is 9.99. The number of hydrogen-bond acceptors (Lipinski definition) is 4. The first-order valence-corrected chi connectivity index (χ1v) is 7.90. The fourth-order valence-electron chi connectivity index (χ4n) is 2.62. The minimum atomic E-state index is -0.0458. The molecule has 2 N–H and O–H groups in total. The summed E-state index contributed by atoms with van der Waals surface area (Å²) >= 11 is 5.95. The van der Waals surface area contributed by atoms with E-state index >= 15 is 0 Å². The molecular formula is C15H23ClN4O. The second-order valence-electron chi connectivity index (χ2n) is 5.43. The summed E-state index contributed by atoms with van der Waals surface area (Å²) in [6, 6.07) is 3.52. The number of halogens is 1. The highest BCUT2D eigenvalue weighted by molar-refractivity contribution is 6.32. The molecule has 1 atom stereocenters. The van der Waals surface area contributed by atoms with Crippen molar-refractivity contribution in [2.45, 2.75) is 19.8 Å². The summed E-state index contributed by atoms with van der Waals surface area (Å²) in [4.78, 5) is 18.3. The zero-order valence-corrected chi connectivity index (χ0v) is 13.2. The maximum atomic E-state index is 12.1. The molecule has 0 radical (unpaired) electrons. The maximum absolute atomic E-state index is 12.1. The second kappa shape index (κ2) is 8.32. The van der Waals surface area contributed by atoms with Gasteiger partial charge in [0.05, 0.1) is 12.2 Å². The maximum Gasteiger partial charge on any atom is 0.238 e. The molecule has 0 aliphatic carbocycles. The van der Waals surface area contributed by atoms with Crippen LogP contribution in [0, 0.1) is 5.92 Å². The Hall–Kier alpha value is -1.17. The number of nitrogens with zero attached hydrogens (tertiary/aromatic N) is 2. The van der Waals surface area contributed by atoms with Crippen LogP contribution in [0.15, 0.2) is 18.3 Å². The molecule has 2 rings (SSSR count). The smallest absolute Gasteiger partial charge is 0.238 e. The summed E-state index contributed by atoms with van der Waals surface area (Å²) in [5.74, 6) is 0.587. The van der Waals surface area contributed by atoms with Crippen LogP contribution in [0.4, 0.5) is 5.69 Å². The van der Waals surface area contributed by atoms with E-state index in [4.69, 9.17) is 11.6 Å². The summed E-state index contributed by atoms with van der Waals surface area (Å²) in [6.45, 7) is 6.45. The molecule has 1 amide bonds. The molecule has 0 bridgehead atoms. The minimum absolute atomic E-state index is 0.0458. The fourth-order valence-corrected chi connectivity index (χ4v) is 2.79. The van der Waals surface area contributed by atoms with Crippen molar-refractivity contribution in [1.29, 1.82) is 0 Å². The van der Waals surface area contributed by atoms with Gasteiger partial charge in [0.2, 0.25) is 5.91 Å². The van der Waals surface area contributed by atoms with Gasteiger partial charge >= 0.3 is 0 Å². The van der Waals surface area contributed by atoms with Gasteiger partial charge in [-0.3, -0.25) is 9.69 Å². The van der Waals surface area contributed by atoms with E-state index in [0.29, 0.717) is 23.3 Å². The van der Waals surface area contributed by atoms with Crippen molar-refractivity contribution in [3.05, 3.63) is 23.5 Å². The summed E-state index contributed by atoms with van der Waals surface area (Å²) in [7, 11) is 0. The quantitative estimate of drug-likeness (QED) is 0.789. The second-order valence-corrected chi connectivity index (χ2v) is 5.79. The molecule has 0 aromatic carbocycles. The van der Waals surface area contributed by atoms with Crippen LogP contribution in [0.2, 0.25) is 5.15 Å². The molecule has 1 saturated heterocycles. The molecule has 0 spiro atoms. The van der Waals surface area contributed by atoms with Crippen LogP contribution in [0.25, 0.3) is 0 Å². The van der Waals surface area contributed by atoms with Crippen molar-refractivity contribution in [3.8, 4) is 0 Å². The molecule has 6 heteroatoms. The number of amides is 1. The standard InChI is InChI=1S/C15H23ClN4O/c1-2-20(10-12-5-3-7-17-9-12)11-14(21)19-13-6-4-8-18-15(13)16/h4,6,8,12,17H,2-3,5,7,9-11H2,1H3,(H,19,21). The van der Waals surface area contributed by atoms with Crippen molar-refractivity contribution in [2.75, 3.05) is 38.0 Å². The highest BCUT2D eigenvalue weighted by Gasteiger charge is 2.18. The van der Waals surface area contributed by atoms with Crippen molar-refractivity contribution in [3.63, 3.8) is 0 Å². The predicted molar refractivity (Wildman–Crippen MR) is 85.6 cm³/mol. The molecule has 2 heterocycles. The summed E-state index contributed by atoms with van der Waals surface area (Å²) in [5, 5.41) is 6.56. The Labute approximate surface area is 131 Å². The number of carbonyl (C=O) groups excluding carboxylic acids is 1. The van der Waals surface area contributed by atoms with Crippen molar-refractivity contribution in [2.24, 2.45) is 5.92 Å². The Morgan fingerprint density at radius 2 is 2.48 bits per heavy atom. The zero-order valence-electron chi connectivity index (χ0n) is 12.4. The van der Waals surface area contributed by atoms with E-state index in [1.54, 1.807) is 18.3 Å². The molecule has 1 aromatic rings. The molecule has 1 aliphatic heterocycles. The molecule has 116 valence electrons. The highest BCUT2D eigenvalue weighted by Crippen LogP contribution is 2.17. The van der Waals surface area contributed by atoms with Gasteiger partial charge in [-0.05, 0) is 50.5 Å². The number of likely N-dealkylation sites (N-methyl/N-ethyl adjacent to an activating group) is 1. The van der Waals surface area contributed by atoms with E-state index < -0.39 is 0 Å². The van der Waals surface area contributed by atoms with Gasteiger partial charge in [-0.1, -0.05) is 18.5 Å². The normalized spacial score (nSPS) is 18.7. The molecule has 0 saturated carbocycles. The average Bonchev–Trinajstić information content (AvgIpc) is 2.50. The number of piperidine rings is 1. The number of aromatic nitrogens is 1. The lowest BCUT2D eigenvalue weighted by Gasteiger charge is -2.29. The first-order chi connectivity index (χ1) is 10.2. The van der Waals surface area contributed by atoms with Gasteiger partial charge in [0.15, 0.2) is 5.15 Å². The summed E-state index contributed by atoms with van der Waals surface area (Å²) < 4.78 is 0.